The van der Waals surface area contributed by atoms with Crippen LogP contribution in [0.25, 0.3) is 0 Å². The van der Waals surface area contributed by atoms with Crippen LogP contribution >= 0.6 is 0 Å². The number of nitrogens with one attached hydrogen (secondary N) is 1. The van der Waals surface area contributed by atoms with Gasteiger partial charge in [-0.25, -0.2) is 0 Å². The van der Waals surface area contributed by atoms with Crippen molar-refractivity contribution in [2.24, 2.45) is 5.92 Å². The SMILES string of the molecule is CCCC1CC(NC)CN(CCC(=O)O)C1. The largest absolute Gasteiger partial charge is 0.481 e. The molecule has 2 unspecified atom stereocenters. The standard InChI is InChI=1S/C12H24N2O2/c1-3-4-10-7-11(13-2)9-14(8-10)6-5-12(15)16/h10-11,13H,3-9H2,1-2H3,(H,15,16). The van der Waals surface area contributed by atoms with E-state index in [1.165, 1.54) is 19.3 Å². The molecule has 0 aromatic heterocycles. The van der Waals surface area contributed by atoms with Crippen molar-refractivity contribution in [1.29, 1.82) is 0 Å². The zero-order valence-electron chi connectivity index (χ0n) is 10.4. The van der Waals surface area contributed by atoms with Crippen molar-refractivity contribution in [3.8, 4) is 0 Å². The highest BCUT2D eigenvalue weighted by molar-refractivity contribution is 5.66. The second-order valence-corrected chi connectivity index (χ2v) is 4.78. The Morgan fingerprint density at radius 1 is 1.50 bits per heavy atom. The van der Waals surface area contributed by atoms with Gasteiger partial charge in [-0.15, -0.1) is 0 Å². The van der Waals surface area contributed by atoms with Crippen LogP contribution in [0.15, 0.2) is 0 Å². The fourth-order valence-electron chi connectivity index (χ4n) is 2.57. The number of likely N-dealkylation sites (tertiary alicyclic amines) is 1. The summed E-state index contributed by atoms with van der Waals surface area (Å²) in [5.41, 5.74) is 0. The molecule has 1 aliphatic rings. The van der Waals surface area contributed by atoms with Crippen LogP contribution < -0.4 is 5.32 Å². The second-order valence-electron chi connectivity index (χ2n) is 4.78. The molecule has 16 heavy (non-hydrogen) atoms. The zero-order chi connectivity index (χ0) is 12.0. The van der Waals surface area contributed by atoms with Gasteiger partial charge in [0.25, 0.3) is 0 Å². The number of carboxylic acid groups (broad SMARTS) is 1. The lowest BCUT2D eigenvalue weighted by Crippen LogP contribution is -2.48. The van der Waals surface area contributed by atoms with Crippen LogP contribution in [0.1, 0.15) is 32.6 Å². The van der Waals surface area contributed by atoms with Crippen molar-refractivity contribution in [1.82, 2.24) is 10.2 Å². The Kier molecular flexibility index (Phi) is 5.77. The maximum absolute atomic E-state index is 10.6. The van der Waals surface area contributed by atoms with E-state index in [-0.39, 0.29) is 6.42 Å². The van der Waals surface area contributed by atoms with E-state index in [2.05, 4.69) is 17.1 Å². The molecule has 94 valence electrons. The van der Waals surface area contributed by atoms with E-state index in [0.717, 1.165) is 19.0 Å². The summed E-state index contributed by atoms with van der Waals surface area (Å²) in [5.74, 6) is 0.0311. The van der Waals surface area contributed by atoms with Gasteiger partial charge in [0, 0.05) is 25.7 Å². The molecule has 1 saturated heterocycles. The zero-order valence-corrected chi connectivity index (χ0v) is 10.4. The number of hydrogen-bond acceptors (Lipinski definition) is 3. The first-order valence-corrected chi connectivity index (χ1v) is 6.27. The first kappa shape index (κ1) is 13.5. The van der Waals surface area contributed by atoms with E-state index in [0.29, 0.717) is 12.6 Å². The molecule has 0 spiro atoms. The highest BCUT2D eigenvalue weighted by Gasteiger charge is 2.25. The van der Waals surface area contributed by atoms with E-state index in [9.17, 15) is 4.79 Å². The molecule has 1 fully saturated rings. The molecular weight excluding hydrogens is 204 g/mol. The number of piperidine rings is 1. The van der Waals surface area contributed by atoms with Crippen LogP contribution in [-0.2, 0) is 4.79 Å². The molecule has 4 heteroatoms. The number of carbonyl (C=O) groups is 1. The van der Waals surface area contributed by atoms with Gasteiger partial charge < -0.3 is 15.3 Å². The number of hydrogen-bond donors (Lipinski definition) is 2. The fraction of sp³-hybridized carbons (Fsp3) is 0.917. The summed E-state index contributed by atoms with van der Waals surface area (Å²) in [6, 6.07) is 0.527. The maximum atomic E-state index is 10.6. The summed E-state index contributed by atoms with van der Waals surface area (Å²) in [7, 11) is 1.99. The summed E-state index contributed by atoms with van der Waals surface area (Å²) < 4.78 is 0. The van der Waals surface area contributed by atoms with Gasteiger partial charge in [0.1, 0.15) is 0 Å². The van der Waals surface area contributed by atoms with E-state index in [4.69, 9.17) is 5.11 Å². The predicted octanol–water partition coefficient (Wildman–Crippen LogP) is 1.17. The Balaban J connectivity index is 2.40. The molecule has 1 heterocycles. The Morgan fingerprint density at radius 3 is 2.81 bits per heavy atom. The van der Waals surface area contributed by atoms with Crippen molar-refractivity contribution in [2.75, 3.05) is 26.7 Å². The summed E-state index contributed by atoms with van der Waals surface area (Å²) >= 11 is 0. The van der Waals surface area contributed by atoms with E-state index >= 15 is 0 Å². The van der Waals surface area contributed by atoms with E-state index in [1.807, 2.05) is 7.05 Å². The van der Waals surface area contributed by atoms with Gasteiger partial charge >= 0.3 is 5.97 Å². The third kappa shape index (κ3) is 4.49. The van der Waals surface area contributed by atoms with Crippen molar-refractivity contribution < 1.29 is 9.90 Å². The Morgan fingerprint density at radius 2 is 2.25 bits per heavy atom. The minimum Gasteiger partial charge on any atom is -0.481 e. The Labute approximate surface area is 98.0 Å². The Hall–Kier alpha value is -0.610. The molecule has 1 aliphatic heterocycles. The predicted molar refractivity (Wildman–Crippen MR) is 64.6 cm³/mol. The lowest BCUT2D eigenvalue weighted by atomic mass is 9.90. The molecule has 0 aromatic rings. The highest BCUT2D eigenvalue weighted by atomic mass is 16.4. The summed E-state index contributed by atoms with van der Waals surface area (Å²) in [4.78, 5) is 12.8. The monoisotopic (exact) mass is 228 g/mol. The molecule has 4 nitrogen and oxygen atoms in total. The van der Waals surface area contributed by atoms with Crippen LogP contribution in [0.5, 0.6) is 0 Å². The number of aliphatic carboxylic acids is 1. The summed E-state index contributed by atoms with van der Waals surface area (Å²) in [6.45, 7) is 4.96. The van der Waals surface area contributed by atoms with Crippen molar-refractivity contribution >= 4 is 5.97 Å². The topological polar surface area (TPSA) is 52.6 Å². The molecule has 2 atom stereocenters. The minimum absolute atomic E-state index is 0.259. The third-order valence-electron chi connectivity index (χ3n) is 3.36. The molecule has 0 amide bonds. The maximum Gasteiger partial charge on any atom is 0.304 e. The molecule has 0 bridgehead atoms. The number of nitrogens with zero attached hydrogens (tertiary/aromatic N) is 1. The highest BCUT2D eigenvalue weighted by Crippen LogP contribution is 2.21. The minimum atomic E-state index is -0.696. The number of likely N-dealkylation sites (N-methyl/N-ethyl adjacent to an activating group) is 1. The molecule has 1 rings (SSSR count). The Bertz CT molecular complexity index is 221. The lowest BCUT2D eigenvalue weighted by molar-refractivity contribution is -0.137. The molecule has 0 radical (unpaired) electrons. The van der Waals surface area contributed by atoms with Gasteiger partial charge in [-0.2, -0.15) is 0 Å². The van der Waals surface area contributed by atoms with Crippen LogP contribution in [0.3, 0.4) is 0 Å². The van der Waals surface area contributed by atoms with E-state index < -0.39 is 5.97 Å². The van der Waals surface area contributed by atoms with Crippen LogP contribution in [0.2, 0.25) is 0 Å². The molecule has 2 N–H and O–H groups in total. The summed E-state index contributed by atoms with van der Waals surface area (Å²) in [6.07, 6.45) is 3.96. The first-order chi connectivity index (χ1) is 7.65. The van der Waals surface area contributed by atoms with Crippen molar-refractivity contribution in [3.05, 3.63) is 0 Å². The lowest BCUT2D eigenvalue weighted by Gasteiger charge is -2.37. The third-order valence-corrected chi connectivity index (χ3v) is 3.36. The van der Waals surface area contributed by atoms with Crippen molar-refractivity contribution in [2.45, 2.75) is 38.6 Å². The average Bonchev–Trinajstić information content (AvgIpc) is 2.26. The molecule has 0 aromatic carbocycles. The smallest absolute Gasteiger partial charge is 0.304 e. The fourth-order valence-corrected chi connectivity index (χ4v) is 2.57. The van der Waals surface area contributed by atoms with Gasteiger partial charge in [-0.05, 0) is 25.8 Å². The first-order valence-electron chi connectivity index (χ1n) is 6.27. The molecular formula is C12H24N2O2. The second kappa shape index (κ2) is 6.86. The van der Waals surface area contributed by atoms with Crippen LogP contribution in [0, 0.1) is 5.92 Å². The van der Waals surface area contributed by atoms with Gasteiger partial charge in [0.05, 0.1) is 6.42 Å². The molecule has 0 aliphatic carbocycles. The van der Waals surface area contributed by atoms with Gasteiger partial charge in [0.15, 0.2) is 0 Å². The van der Waals surface area contributed by atoms with Crippen LogP contribution in [0.4, 0.5) is 0 Å². The van der Waals surface area contributed by atoms with Gasteiger partial charge in [-0.1, -0.05) is 13.3 Å². The van der Waals surface area contributed by atoms with Crippen LogP contribution in [-0.4, -0.2) is 48.7 Å². The number of carboxylic acids is 1. The summed E-state index contributed by atoms with van der Waals surface area (Å²) in [5, 5.41) is 12.0. The molecule has 0 saturated carbocycles. The van der Waals surface area contributed by atoms with Crippen molar-refractivity contribution in [3.63, 3.8) is 0 Å². The number of rotatable bonds is 6. The van der Waals surface area contributed by atoms with Gasteiger partial charge in [0.2, 0.25) is 0 Å². The van der Waals surface area contributed by atoms with E-state index in [1.54, 1.807) is 0 Å². The quantitative estimate of drug-likeness (QED) is 0.716. The normalized spacial score (nSPS) is 26.9. The average molecular weight is 228 g/mol. The van der Waals surface area contributed by atoms with Gasteiger partial charge in [-0.3, -0.25) is 4.79 Å².